The van der Waals surface area contributed by atoms with Crippen molar-refractivity contribution < 1.29 is 13.2 Å². The molecule has 0 bridgehead atoms. The molecule has 0 atom stereocenters. The lowest BCUT2D eigenvalue weighted by molar-refractivity contribution is 0.100. The number of primary amides is 1. The van der Waals surface area contributed by atoms with Crippen molar-refractivity contribution in [2.45, 2.75) is 5.03 Å². The number of aryl methyl sites for hydroxylation is 1. The molecular weight excluding hydrogens is 339 g/mol. The minimum Gasteiger partial charge on any atom is -0.366 e. The lowest BCUT2D eigenvalue weighted by atomic mass is 10.2. The third kappa shape index (κ3) is 3.12. The van der Waals surface area contributed by atoms with Crippen molar-refractivity contribution in [1.82, 2.24) is 9.55 Å². The second kappa shape index (κ2) is 5.55. The number of hydrogen-bond donors (Lipinski definition) is 2. The Morgan fingerprint density at radius 3 is 2.52 bits per heavy atom. The summed E-state index contributed by atoms with van der Waals surface area (Å²) in [6.45, 7) is 0. The average Bonchev–Trinajstić information content (AvgIpc) is 2.69. The second-order valence-electron chi connectivity index (χ2n) is 4.12. The lowest BCUT2D eigenvalue weighted by Gasteiger charge is -2.08. The van der Waals surface area contributed by atoms with Gasteiger partial charge in [0.1, 0.15) is 5.15 Å². The van der Waals surface area contributed by atoms with Gasteiger partial charge >= 0.3 is 0 Å². The minimum absolute atomic E-state index is 0.0256. The summed E-state index contributed by atoms with van der Waals surface area (Å²) < 4.78 is 28.0. The molecule has 112 valence electrons. The van der Waals surface area contributed by atoms with Gasteiger partial charge in [-0.15, -0.1) is 0 Å². The Morgan fingerprint density at radius 2 is 2.05 bits per heavy atom. The van der Waals surface area contributed by atoms with Gasteiger partial charge in [0, 0.05) is 7.05 Å². The van der Waals surface area contributed by atoms with Crippen LogP contribution in [0.5, 0.6) is 0 Å². The minimum atomic E-state index is -3.96. The number of carbonyl (C=O) groups excluding carboxylic acids is 1. The van der Waals surface area contributed by atoms with E-state index in [9.17, 15) is 13.2 Å². The van der Waals surface area contributed by atoms with Gasteiger partial charge in [0.25, 0.3) is 10.0 Å². The van der Waals surface area contributed by atoms with Crippen molar-refractivity contribution >= 4 is 44.8 Å². The van der Waals surface area contributed by atoms with E-state index in [1.165, 1.54) is 29.1 Å². The number of benzene rings is 1. The number of hydrogen-bond acceptors (Lipinski definition) is 4. The van der Waals surface area contributed by atoms with Crippen LogP contribution in [0.4, 0.5) is 5.69 Å². The van der Waals surface area contributed by atoms with Crippen molar-refractivity contribution in [2.75, 3.05) is 4.72 Å². The van der Waals surface area contributed by atoms with Gasteiger partial charge in [-0.05, 0) is 18.2 Å². The number of rotatable bonds is 4. The zero-order chi connectivity index (χ0) is 15.8. The number of sulfonamides is 1. The maximum absolute atomic E-state index is 12.2. The molecule has 2 rings (SSSR count). The molecule has 3 N–H and O–H groups in total. The first-order valence-corrected chi connectivity index (χ1v) is 7.75. The Kier molecular flexibility index (Phi) is 4.13. The standard InChI is InChI=1S/C11H10Cl2N4O3S/c1-17-5-15-11(9(17)13)21(19,20)16-6-2-3-7(10(14)18)8(12)4-6/h2-5,16H,1H3,(H2,14,18). The first-order chi connectivity index (χ1) is 9.72. The molecular formula is C11H10Cl2N4O3S. The highest BCUT2D eigenvalue weighted by molar-refractivity contribution is 7.92. The first-order valence-electron chi connectivity index (χ1n) is 5.51. The maximum atomic E-state index is 12.2. The van der Waals surface area contributed by atoms with E-state index in [1.54, 1.807) is 7.05 Å². The summed E-state index contributed by atoms with van der Waals surface area (Å²) in [7, 11) is -2.40. The zero-order valence-corrected chi connectivity index (χ0v) is 13.0. The molecule has 0 aliphatic rings. The number of amides is 1. The SMILES string of the molecule is Cn1cnc(S(=O)(=O)Nc2ccc(C(N)=O)c(Cl)c2)c1Cl. The topological polar surface area (TPSA) is 107 Å². The molecule has 0 unspecified atom stereocenters. The molecule has 1 aromatic heterocycles. The number of nitrogens with two attached hydrogens (primary N) is 1. The molecule has 21 heavy (non-hydrogen) atoms. The van der Waals surface area contributed by atoms with E-state index in [2.05, 4.69) is 9.71 Å². The van der Waals surface area contributed by atoms with Crippen molar-refractivity contribution in [1.29, 1.82) is 0 Å². The summed E-state index contributed by atoms with van der Waals surface area (Å²) in [5, 5.41) is -0.293. The van der Waals surface area contributed by atoms with Crippen molar-refractivity contribution in [2.24, 2.45) is 12.8 Å². The average molecular weight is 349 g/mol. The van der Waals surface area contributed by atoms with Gasteiger partial charge in [-0.25, -0.2) is 4.98 Å². The van der Waals surface area contributed by atoms with E-state index in [4.69, 9.17) is 28.9 Å². The summed E-state index contributed by atoms with van der Waals surface area (Å²) in [5.41, 5.74) is 5.37. The van der Waals surface area contributed by atoms with Gasteiger partial charge in [-0.3, -0.25) is 9.52 Å². The van der Waals surface area contributed by atoms with E-state index in [-0.39, 0.29) is 26.5 Å². The van der Waals surface area contributed by atoms with Crippen LogP contribution in [0.2, 0.25) is 10.2 Å². The van der Waals surface area contributed by atoms with Gasteiger partial charge in [0.15, 0.2) is 0 Å². The smallest absolute Gasteiger partial charge is 0.282 e. The molecule has 1 amide bonds. The zero-order valence-electron chi connectivity index (χ0n) is 10.7. The lowest BCUT2D eigenvalue weighted by Crippen LogP contribution is -2.15. The van der Waals surface area contributed by atoms with Crippen LogP contribution in [0, 0.1) is 0 Å². The highest BCUT2D eigenvalue weighted by Crippen LogP contribution is 2.25. The predicted molar refractivity (Wildman–Crippen MR) is 79.0 cm³/mol. The molecule has 7 nitrogen and oxygen atoms in total. The Bertz CT molecular complexity index is 817. The molecule has 0 aliphatic heterocycles. The summed E-state index contributed by atoms with van der Waals surface area (Å²) >= 11 is 11.7. The van der Waals surface area contributed by atoms with Gasteiger partial charge in [0.2, 0.25) is 10.9 Å². The van der Waals surface area contributed by atoms with Crippen molar-refractivity contribution in [3.8, 4) is 0 Å². The van der Waals surface area contributed by atoms with E-state index in [0.717, 1.165) is 0 Å². The number of anilines is 1. The highest BCUT2D eigenvalue weighted by Gasteiger charge is 2.22. The number of carbonyl (C=O) groups is 1. The Labute approximate surface area is 130 Å². The van der Waals surface area contributed by atoms with Gasteiger partial charge in [-0.1, -0.05) is 23.2 Å². The van der Waals surface area contributed by atoms with Crippen LogP contribution in [0.25, 0.3) is 0 Å². The largest absolute Gasteiger partial charge is 0.366 e. The van der Waals surface area contributed by atoms with Crippen LogP contribution >= 0.6 is 23.2 Å². The highest BCUT2D eigenvalue weighted by atomic mass is 35.5. The molecule has 0 radical (unpaired) electrons. The number of imidazole rings is 1. The number of nitrogens with zero attached hydrogens (tertiary/aromatic N) is 2. The first kappa shape index (κ1) is 15.6. The number of halogens is 2. The summed E-state index contributed by atoms with van der Waals surface area (Å²) in [6.07, 6.45) is 1.28. The van der Waals surface area contributed by atoms with Crippen molar-refractivity contribution in [3.63, 3.8) is 0 Å². The van der Waals surface area contributed by atoms with E-state index < -0.39 is 15.9 Å². The summed E-state index contributed by atoms with van der Waals surface area (Å²) in [4.78, 5) is 14.8. The predicted octanol–water partition coefficient (Wildman–Crippen LogP) is 1.63. The van der Waals surface area contributed by atoms with Gasteiger partial charge in [-0.2, -0.15) is 8.42 Å². The van der Waals surface area contributed by atoms with Crippen LogP contribution in [0.1, 0.15) is 10.4 Å². The molecule has 1 heterocycles. The van der Waals surface area contributed by atoms with Crippen LogP contribution in [0.3, 0.4) is 0 Å². The summed E-state index contributed by atoms with van der Waals surface area (Å²) in [6, 6.07) is 3.96. The molecule has 1 aromatic carbocycles. The molecule has 0 aliphatic carbocycles. The van der Waals surface area contributed by atoms with E-state index in [1.807, 2.05) is 0 Å². The Morgan fingerprint density at radius 1 is 1.38 bits per heavy atom. The number of aromatic nitrogens is 2. The Hall–Kier alpha value is -1.77. The molecule has 2 aromatic rings. The molecule has 0 saturated carbocycles. The fraction of sp³-hybridized carbons (Fsp3) is 0.0909. The second-order valence-corrected chi connectivity index (χ2v) is 6.48. The fourth-order valence-corrected chi connectivity index (χ4v) is 3.31. The maximum Gasteiger partial charge on any atom is 0.282 e. The molecule has 0 spiro atoms. The van der Waals surface area contributed by atoms with Crippen LogP contribution < -0.4 is 10.5 Å². The Balaban J connectivity index is 2.35. The quantitative estimate of drug-likeness (QED) is 0.875. The van der Waals surface area contributed by atoms with Gasteiger partial charge < -0.3 is 10.3 Å². The molecule has 10 heteroatoms. The van der Waals surface area contributed by atoms with E-state index >= 15 is 0 Å². The molecule has 0 saturated heterocycles. The fourth-order valence-electron chi connectivity index (χ4n) is 1.56. The van der Waals surface area contributed by atoms with Crippen LogP contribution in [0.15, 0.2) is 29.6 Å². The molecule has 0 fully saturated rings. The monoisotopic (exact) mass is 348 g/mol. The third-order valence-electron chi connectivity index (χ3n) is 2.58. The van der Waals surface area contributed by atoms with Crippen molar-refractivity contribution in [3.05, 3.63) is 40.3 Å². The van der Waals surface area contributed by atoms with Gasteiger partial charge in [0.05, 0.1) is 22.6 Å². The van der Waals surface area contributed by atoms with E-state index in [0.29, 0.717) is 0 Å². The van der Waals surface area contributed by atoms with Crippen LogP contribution in [-0.2, 0) is 17.1 Å². The number of nitrogens with one attached hydrogen (secondary N) is 1. The summed E-state index contributed by atoms with van der Waals surface area (Å²) in [5.74, 6) is -0.706. The third-order valence-corrected chi connectivity index (χ3v) is 4.76. The normalized spacial score (nSPS) is 11.4. The van der Waals surface area contributed by atoms with Crippen LogP contribution in [-0.4, -0.2) is 23.9 Å².